The topological polar surface area (TPSA) is 108 Å². The molecule has 166 valence electrons. The molecule has 0 aliphatic rings. The number of carbonyl (C=O) groups is 1. The number of hydrogen-bond acceptors (Lipinski definition) is 6. The van der Waals surface area contributed by atoms with Gasteiger partial charge < -0.3 is 25.8 Å². The average molecular weight is 456 g/mol. The predicted molar refractivity (Wildman–Crippen MR) is 124 cm³/mol. The van der Waals surface area contributed by atoms with Crippen LogP contribution in [0.3, 0.4) is 0 Å². The predicted octanol–water partition coefficient (Wildman–Crippen LogP) is 4.18. The van der Waals surface area contributed by atoms with Crippen molar-refractivity contribution in [1.29, 1.82) is 0 Å². The number of halogens is 1. The molecule has 4 N–H and O–H groups in total. The molecule has 1 atom stereocenters. The minimum atomic E-state index is -0.981. The van der Waals surface area contributed by atoms with Crippen LogP contribution in [0, 0.1) is 12.7 Å². The lowest BCUT2D eigenvalue weighted by molar-refractivity contribution is -0.137. The number of aryl methyl sites for hydroxylation is 1. The fourth-order valence-corrected chi connectivity index (χ4v) is 3.18. The smallest absolute Gasteiger partial charge is 0.305 e. The van der Waals surface area contributed by atoms with Crippen molar-refractivity contribution < 1.29 is 19.0 Å². The molecule has 1 aromatic heterocycles. The van der Waals surface area contributed by atoms with Gasteiger partial charge in [0.25, 0.3) is 0 Å². The third-order valence-corrected chi connectivity index (χ3v) is 4.60. The van der Waals surface area contributed by atoms with Crippen molar-refractivity contribution in [3.8, 4) is 5.75 Å². The number of anilines is 3. The summed E-state index contributed by atoms with van der Waals surface area (Å²) >= 11 is 5.37. The molecular formula is C22H22FN5O3S. The first-order chi connectivity index (χ1) is 15.3. The van der Waals surface area contributed by atoms with Crippen LogP contribution in [-0.2, 0) is 4.79 Å². The van der Waals surface area contributed by atoms with Crippen molar-refractivity contribution in [2.24, 2.45) is 0 Å². The fourth-order valence-electron chi connectivity index (χ4n) is 2.95. The quantitative estimate of drug-likeness (QED) is 0.372. The van der Waals surface area contributed by atoms with Crippen LogP contribution in [0.25, 0.3) is 0 Å². The number of aromatic nitrogens is 2. The van der Waals surface area contributed by atoms with Gasteiger partial charge in [0.05, 0.1) is 19.6 Å². The molecule has 0 unspecified atom stereocenters. The Morgan fingerprint density at radius 3 is 2.62 bits per heavy atom. The maximum absolute atomic E-state index is 13.1. The number of carboxylic acids is 1. The molecule has 0 saturated heterocycles. The van der Waals surface area contributed by atoms with Crippen LogP contribution in [0.5, 0.6) is 5.75 Å². The van der Waals surface area contributed by atoms with Crippen LogP contribution in [0.2, 0.25) is 0 Å². The second-order valence-corrected chi connectivity index (χ2v) is 7.28. The Morgan fingerprint density at radius 2 is 1.94 bits per heavy atom. The van der Waals surface area contributed by atoms with Gasteiger partial charge in [-0.15, -0.1) is 0 Å². The number of ether oxygens (including phenoxy) is 1. The summed E-state index contributed by atoms with van der Waals surface area (Å²) in [5.74, 6) is 0.0130. The zero-order valence-corrected chi connectivity index (χ0v) is 18.2. The highest BCUT2D eigenvalue weighted by Gasteiger charge is 2.18. The van der Waals surface area contributed by atoms with Crippen molar-refractivity contribution >= 4 is 40.8 Å². The standard InChI is InChI=1S/C22H22FN5O3S/c1-13-10-19(25-16-8-6-15(23)7-9-16)27-21(24-13)28-22(32)26-18(12-20(29)30)14-4-3-5-17(11-14)31-2/h3-11,18H,12H2,1-2H3,(H,29,30)(H3,24,25,26,27,28,32)/t18-/m1/s1. The lowest BCUT2D eigenvalue weighted by atomic mass is 10.0. The highest BCUT2D eigenvalue weighted by atomic mass is 32.1. The SMILES string of the molecule is COc1cccc([C@@H](CC(=O)O)NC(=S)Nc2nc(C)cc(Nc3ccc(F)cc3)n2)c1. The molecule has 0 aliphatic carbocycles. The Balaban J connectivity index is 1.73. The van der Waals surface area contributed by atoms with Gasteiger partial charge in [0, 0.05) is 17.4 Å². The summed E-state index contributed by atoms with van der Waals surface area (Å²) in [4.78, 5) is 20.1. The number of aliphatic carboxylic acids is 1. The first-order valence-electron chi connectivity index (χ1n) is 9.64. The van der Waals surface area contributed by atoms with Gasteiger partial charge >= 0.3 is 5.97 Å². The van der Waals surface area contributed by atoms with Gasteiger partial charge in [-0.25, -0.2) is 9.37 Å². The number of benzene rings is 2. The van der Waals surface area contributed by atoms with Gasteiger partial charge in [-0.3, -0.25) is 4.79 Å². The highest BCUT2D eigenvalue weighted by Crippen LogP contribution is 2.22. The molecule has 0 amide bonds. The first-order valence-corrected chi connectivity index (χ1v) is 10.0. The van der Waals surface area contributed by atoms with Gasteiger partial charge in [-0.05, 0) is 61.1 Å². The monoisotopic (exact) mass is 455 g/mol. The van der Waals surface area contributed by atoms with E-state index in [1.165, 1.54) is 19.2 Å². The van der Waals surface area contributed by atoms with E-state index in [1.54, 1.807) is 49.4 Å². The Kier molecular flexibility index (Phi) is 7.50. The van der Waals surface area contributed by atoms with Gasteiger partial charge in [0.2, 0.25) is 5.95 Å². The minimum absolute atomic E-state index is 0.164. The molecule has 3 aromatic rings. The summed E-state index contributed by atoms with van der Waals surface area (Å²) in [6, 6.07) is 14.1. The number of hydrogen-bond donors (Lipinski definition) is 4. The van der Waals surface area contributed by atoms with Crippen molar-refractivity contribution in [2.45, 2.75) is 19.4 Å². The molecule has 0 aliphatic heterocycles. The summed E-state index contributed by atoms with van der Waals surface area (Å²) in [5, 5.41) is 18.5. The summed E-state index contributed by atoms with van der Waals surface area (Å²) in [6.07, 6.45) is -0.193. The highest BCUT2D eigenvalue weighted by molar-refractivity contribution is 7.80. The first kappa shape index (κ1) is 22.9. The Bertz CT molecular complexity index is 1110. The van der Waals surface area contributed by atoms with Crippen LogP contribution in [-0.4, -0.2) is 33.3 Å². The molecule has 10 heteroatoms. The Labute approximate surface area is 189 Å². The van der Waals surface area contributed by atoms with Crippen LogP contribution >= 0.6 is 12.2 Å². The van der Waals surface area contributed by atoms with Crippen molar-refractivity contribution in [3.63, 3.8) is 0 Å². The molecule has 0 bridgehead atoms. The molecule has 8 nitrogen and oxygen atoms in total. The van der Waals surface area contributed by atoms with E-state index in [4.69, 9.17) is 17.0 Å². The van der Waals surface area contributed by atoms with E-state index in [0.29, 0.717) is 28.5 Å². The fraction of sp³-hybridized carbons (Fsp3) is 0.182. The van der Waals surface area contributed by atoms with Gasteiger partial charge in [-0.2, -0.15) is 4.98 Å². The number of thiocarbonyl (C=S) groups is 1. The minimum Gasteiger partial charge on any atom is -0.497 e. The van der Waals surface area contributed by atoms with Crippen LogP contribution in [0.4, 0.5) is 21.8 Å². The van der Waals surface area contributed by atoms with E-state index < -0.39 is 12.0 Å². The van der Waals surface area contributed by atoms with Crippen molar-refractivity contribution in [2.75, 3.05) is 17.7 Å². The molecule has 32 heavy (non-hydrogen) atoms. The number of nitrogens with zero attached hydrogens (tertiary/aromatic N) is 2. The van der Waals surface area contributed by atoms with Crippen molar-refractivity contribution in [3.05, 3.63) is 71.7 Å². The number of nitrogens with one attached hydrogen (secondary N) is 3. The Hall–Kier alpha value is -3.79. The molecule has 0 radical (unpaired) electrons. The Morgan fingerprint density at radius 1 is 1.19 bits per heavy atom. The van der Waals surface area contributed by atoms with Gasteiger partial charge in [0.1, 0.15) is 17.4 Å². The lowest BCUT2D eigenvalue weighted by Crippen LogP contribution is -2.34. The molecule has 0 fully saturated rings. The number of carboxylic acid groups (broad SMARTS) is 1. The van der Waals surface area contributed by atoms with E-state index in [9.17, 15) is 14.3 Å². The van der Waals surface area contributed by atoms with Crippen LogP contribution < -0.4 is 20.7 Å². The van der Waals surface area contributed by atoms with E-state index in [1.807, 2.05) is 0 Å². The van der Waals surface area contributed by atoms with Crippen LogP contribution in [0.1, 0.15) is 23.7 Å². The molecule has 3 rings (SSSR count). The van der Waals surface area contributed by atoms with Crippen LogP contribution in [0.15, 0.2) is 54.6 Å². The zero-order chi connectivity index (χ0) is 23.1. The molecule has 2 aromatic carbocycles. The summed E-state index contributed by atoms with van der Waals surface area (Å²) in [5.41, 5.74) is 2.04. The molecule has 1 heterocycles. The lowest BCUT2D eigenvalue weighted by Gasteiger charge is -2.20. The van der Waals surface area contributed by atoms with E-state index in [0.717, 1.165) is 0 Å². The molecule has 0 saturated carbocycles. The molecule has 0 spiro atoms. The van der Waals surface area contributed by atoms with Gasteiger partial charge in [0.15, 0.2) is 5.11 Å². The maximum Gasteiger partial charge on any atom is 0.305 e. The van der Waals surface area contributed by atoms with E-state index >= 15 is 0 Å². The van der Waals surface area contributed by atoms with E-state index in [2.05, 4.69) is 25.9 Å². The normalized spacial score (nSPS) is 11.3. The second-order valence-electron chi connectivity index (χ2n) is 6.88. The maximum atomic E-state index is 13.1. The molecular weight excluding hydrogens is 433 g/mol. The number of rotatable bonds is 8. The summed E-state index contributed by atoms with van der Waals surface area (Å²) in [7, 11) is 1.54. The third kappa shape index (κ3) is 6.61. The van der Waals surface area contributed by atoms with Crippen molar-refractivity contribution in [1.82, 2.24) is 15.3 Å². The summed E-state index contributed by atoms with van der Waals surface area (Å²) in [6.45, 7) is 1.79. The third-order valence-electron chi connectivity index (χ3n) is 4.38. The van der Waals surface area contributed by atoms with E-state index in [-0.39, 0.29) is 23.3 Å². The largest absolute Gasteiger partial charge is 0.497 e. The van der Waals surface area contributed by atoms with Gasteiger partial charge in [-0.1, -0.05) is 12.1 Å². The summed E-state index contributed by atoms with van der Waals surface area (Å²) < 4.78 is 18.3. The number of methoxy groups -OCH3 is 1. The average Bonchev–Trinajstić information content (AvgIpc) is 2.74. The zero-order valence-electron chi connectivity index (χ0n) is 17.4. The second kappa shape index (κ2) is 10.5.